The van der Waals surface area contributed by atoms with Crippen LogP contribution in [-0.2, 0) is 21.6 Å². The van der Waals surface area contributed by atoms with Crippen LogP contribution < -0.4 is 5.32 Å². The standard InChI is InChI=1S/C17H15BrN2O5/c1-17(10-4-3-5-11(18)8-10)15(22)20(16(23)19-17)9-12-6-7-13(25-12)14(21)24-2/h3-8H,9H2,1-2H3,(H,19,23)/t17-/m0/s1. The third kappa shape index (κ3) is 3.05. The number of amides is 3. The summed E-state index contributed by atoms with van der Waals surface area (Å²) in [6, 6.07) is 9.63. The van der Waals surface area contributed by atoms with Crippen molar-refractivity contribution >= 4 is 33.8 Å². The normalized spacial score (nSPS) is 19.9. The lowest BCUT2D eigenvalue weighted by Crippen LogP contribution is -2.40. The largest absolute Gasteiger partial charge is 0.463 e. The molecule has 1 aromatic carbocycles. The zero-order valence-electron chi connectivity index (χ0n) is 13.5. The van der Waals surface area contributed by atoms with Gasteiger partial charge in [0.25, 0.3) is 5.91 Å². The number of nitrogens with zero attached hydrogens (tertiary/aromatic N) is 1. The molecule has 130 valence electrons. The number of halogens is 1. The van der Waals surface area contributed by atoms with Gasteiger partial charge < -0.3 is 14.5 Å². The Hall–Kier alpha value is -2.61. The van der Waals surface area contributed by atoms with Crippen molar-refractivity contribution in [3.05, 3.63) is 58.0 Å². The zero-order chi connectivity index (χ0) is 18.2. The summed E-state index contributed by atoms with van der Waals surface area (Å²) < 4.78 is 10.7. The highest BCUT2D eigenvalue weighted by Crippen LogP contribution is 2.31. The van der Waals surface area contributed by atoms with E-state index in [-0.39, 0.29) is 12.3 Å². The molecule has 1 aliphatic rings. The molecule has 1 aliphatic heterocycles. The van der Waals surface area contributed by atoms with Gasteiger partial charge in [-0.15, -0.1) is 0 Å². The summed E-state index contributed by atoms with van der Waals surface area (Å²) in [4.78, 5) is 37.6. The smallest absolute Gasteiger partial charge is 0.373 e. The van der Waals surface area contributed by atoms with Crippen molar-refractivity contribution in [1.29, 1.82) is 0 Å². The SMILES string of the molecule is COC(=O)c1ccc(CN2C(=O)N[C@@](C)(c3cccc(Br)c3)C2=O)o1. The van der Waals surface area contributed by atoms with Crippen molar-refractivity contribution in [1.82, 2.24) is 10.2 Å². The second-order valence-electron chi connectivity index (χ2n) is 5.71. The Morgan fingerprint density at radius 1 is 1.32 bits per heavy atom. The van der Waals surface area contributed by atoms with Gasteiger partial charge in [0, 0.05) is 4.47 Å². The fraction of sp³-hybridized carbons (Fsp3) is 0.235. The van der Waals surface area contributed by atoms with Gasteiger partial charge in [0.1, 0.15) is 11.3 Å². The molecular formula is C17H15BrN2O5. The third-order valence-corrected chi connectivity index (χ3v) is 4.53. The molecule has 0 unspecified atom stereocenters. The molecule has 1 atom stereocenters. The van der Waals surface area contributed by atoms with Gasteiger partial charge in [0.2, 0.25) is 5.76 Å². The first-order valence-corrected chi connectivity index (χ1v) is 8.21. The van der Waals surface area contributed by atoms with E-state index in [0.717, 1.165) is 9.37 Å². The molecular weight excluding hydrogens is 392 g/mol. The number of benzene rings is 1. The number of urea groups is 1. The lowest BCUT2D eigenvalue weighted by molar-refractivity contribution is -0.131. The molecule has 0 bridgehead atoms. The van der Waals surface area contributed by atoms with Gasteiger partial charge in [0.05, 0.1) is 13.7 Å². The number of carbonyl (C=O) groups excluding carboxylic acids is 3. The Balaban J connectivity index is 1.84. The Bertz CT molecular complexity index is 862. The third-order valence-electron chi connectivity index (χ3n) is 4.04. The second kappa shape index (κ2) is 6.36. The fourth-order valence-corrected chi connectivity index (χ4v) is 3.06. The number of rotatable bonds is 4. The first-order valence-electron chi connectivity index (χ1n) is 7.42. The molecule has 2 aromatic rings. The topological polar surface area (TPSA) is 88.9 Å². The van der Waals surface area contributed by atoms with Crippen LogP contribution in [0.2, 0.25) is 0 Å². The quantitative estimate of drug-likeness (QED) is 0.622. The van der Waals surface area contributed by atoms with Crippen LogP contribution in [0.4, 0.5) is 4.79 Å². The molecule has 1 fully saturated rings. The van der Waals surface area contributed by atoms with E-state index in [1.807, 2.05) is 6.07 Å². The number of hydrogen-bond acceptors (Lipinski definition) is 5. The van der Waals surface area contributed by atoms with Gasteiger partial charge in [-0.3, -0.25) is 9.69 Å². The molecule has 7 nitrogen and oxygen atoms in total. The van der Waals surface area contributed by atoms with Crippen molar-refractivity contribution < 1.29 is 23.5 Å². The Kier molecular flexibility index (Phi) is 4.38. The molecule has 25 heavy (non-hydrogen) atoms. The van der Waals surface area contributed by atoms with Crippen LogP contribution in [-0.4, -0.2) is 29.9 Å². The summed E-state index contributed by atoms with van der Waals surface area (Å²) in [5.74, 6) is -0.698. The summed E-state index contributed by atoms with van der Waals surface area (Å²) in [6.07, 6.45) is 0. The Morgan fingerprint density at radius 3 is 2.76 bits per heavy atom. The highest BCUT2D eigenvalue weighted by atomic mass is 79.9. The second-order valence-corrected chi connectivity index (χ2v) is 6.63. The van der Waals surface area contributed by atoms with Crippen LogP contribution in [0, 0.1) is 0 Å². The van der Waals surface area contributed by atoms with E-state index < -0.39 is 23.4 Å². The molecule has 0 aliphatic carbocycles. The lowest BCUT2D eigenvalue weighted by atomic mass is 9.92. The minimum absolute atomic E-state index is 0.0132. The maximum Gasteiger partial charge on any atom is 0.373 e. The number of furan rings is 1. The molecule has 1 aromatic heterocycles. The van der Waals surface area contributed by atoms with Crippen LogP contribution in [0.5, 0.6) is 0 Å². The summed E-state index contributed by atoms with van der Waals surface area (Å²) in [7, 11) is 1.24. The molecule has 1 N–H and O–H groups in total. The average Bonchev–Trinajstić information content (AvgIpc) is 3.14. The van der Waals surface area contributed by atoms with Crippen LogP contribution in [0.1, 0.15) is 28.8 Å². The average molecular weight is 407 g/mol. The van der Waals surface area contributed by atoms with Crippen LogP contribution in [0.3, 0.4) is 0 Å². The molecule has 2 heterocycles. The van der Waals surface area contributed by atoms with E-state index in [1.165, 1.54) is 19.2 Å². The van der Waals surface area contributed by atoms with E-state index in [9.17, 15) is 14.4 Å². The Morgan fingerprint density at radius 2 is 2.08 bits per heavy atom. The van der Waals surface area contributed by atoms with E-state index in [0.29, 0.717) is 11.3 Å². The van der Waals surface area contributed by atoms with E-state index in [2.05, 4.69) is 26.0 Å². The lowest BCUT2D eigenvalue weighted by Gasteiger charge is -2.22. The molecule has 8 heteroatoms. The van der Waals surface area contributed by atoms with Crippen molar-refractivity contribution in [3.8, 4) is 0 Å². The van der Waals surface area contributed by atoms with Gasteiger partial charge in [0.15, 0.2) is 0 Å². The number of imide groups is 1. The zero-order valence-corrected chi connectivity index (χ0v) is 15.1. The van der Waals surface area contributed by atoms with Gasteiger partial charge in [-0.05, 0) is 36.8 Å². The molecule has 0 spiro atoms. The number of nitrogens with one attached hydrogen (secondary N) is 1. The molecule has 3 amide bonds. The maximum absolute atomic E-state index is 12.8. The first-order chi connectivity index (χ1) is 11.8. The molecule has 0 saturated carbocycles. The molecule has 0 radical (unpaired) electrons. The first kappa shape index (κ1) is 17.2. The van der Waals surface area contributed by atoms with Crippen LogP contribution in [0.25, 0.3) is 0 Å². The minimum Gasteiger partial charge on any atom is -0.463 e. The summed E-state index contributed by atoms with van der Waals surface area (Å²) in [5, 5.41) is 2.72. The van der Waals surface area contributed by atoms with Crippen molar-refractivity contribution in [2.24, 2.45) is 0 Å². The van der Waals surface area contributed by atoms with Crippen LogP contribution in [0.15, 0.2) is 45.3 Å². The number of ether oxygens (including phenoxy) is 1. The number of hydrogen-bond donors (Lipinski definition) is 1. The molecule has 1 saturated heterocycles. The van der Waals surface area contributed by atoms with Gasteiger partial charge in [-0.1, -0.05) is 28.1 Å². The fourth-order valence-electron chi connectivity index (χ4n) is 2.66. The summed E-state index contributed by atoms with van der Waals surface area (Å²) in [5.41, 5.74) is -0.504. The maximum atomic E-state index is 12.8. The van der Waals surface area contributed by atoms with E-state index >= 15 is 0 Å². The highest BCUT2D eigenvalue weighted by molar-refractivity contribution is 9.10. The number of esters is 1. The van der Waals surface area contributed by atoms with Crippen molar-refractivity contribution in [2.75, 3.05) is 7.11 Å². The summed E-state index contributed by atoms with van der Waals surface area (Å²) in [6.45, 7) is 1.57. The predicted octanol–water partition coefficient (Wildman–Crippen LogP) is 2.80. The van der Waals surface area contributed by atoms with Gasteiger partial charge in [-0.2, -0.15) is 0 Å². The van der Waals surface area contributed by atoms with E-state index in [1.54, 1.807) is 25.1 Å². The van der Waals surface area contributed by atoms with Crippen LogP contribution >= 0.6 is 15.9 Å². The highest BCUT2D eigenvalue weighted by Gasteiger charge is 2.49. The monoisotopic (exact) mass is 406 g/mol. The van der Waals surface area contributed by atoms with E-state index in [4.69, 9.17) is 4.42 Å². The predicted molar refractivity (Wildman–Crippen MR) is 90.6 cm³/mol. The number of carbonyl (C=O) groups is 3. The minimum atomic E-state index is -1.17. The molecule has 3 rings (SSSR count). The van der Waals surface area contributed by atoms with Crippen molar-refractivity contribution in [2.45, 2.75) is 19.0 Å². The Labute approximate surface area is 152 Å². The van der Waals surface area contributed by atoms with Crippen molar-refractivity contribution in [3.63, 3.8) is 0 Å². The summed E-state index contributed by atoms with van der Waals surface area (Å²) >= 11 is 3.36. The van der Waals surface area contributed by atoms with Gasteiger partial charge in [-0.25, -0.2) is 9.59 Å². The van der Waals surface area contributed by atoms with Gasteiger partial charge >= 0.3 is 12.0 Å². The number of methoxy groups -OCH3 is 1.